The maximum absolute atomic E-state index is 5.86. The molecule has 0 heterocycles. The van der Waals surface area contributed by atoms with E-state index in [4.69, 9.17) is 28.9 Å². The molecule has 16 heavy (non-hydrogen) atoms. The zero-order valence-electron chi connectivity index (χ0n) is 8.30. The van der Waals surface area contributed by atoms with Crippen LogP contribution in [0, 0.1) is 6.07 Å². The van der Waals surface area contributed by atoms with Gasteiger partial charge in [0.05, 0.1) is 10.7 Å². The average molecular weight is 252 g/mol. The van der Waals surface area contributed by atoms with Gasteiger partial charge in [-0.1, -0.05) is 29.3 Å². The summed E-state index contributed by atoms with van der Waals surface area (Å²) in [7, 11) is 0. The quantitative estimate of drug-likeness (QED) is 0.789. The summed E-state index contributed by atoms with van der Waals surface area (Å²) in [5.74, 6) is 0. The summed E-state index contributed by atoms with van der Waals surface area (Å²) in [6.45, 7) is 0. The maximum atomic E-state index is 5.86. The third-order valence-electron chi connectivity index (χ3n) is 2.04. The van der Waals surface area contributed by atoms with Gasteiger partial charge in [0, 0.05) is 22.5 Å². The normalized spacial score (nSPS) is 10.1. The molecule has 4 heteroatoms. The zero-order valence-corrected chi connectivity index (χ0v) is 9.81. The highest BCUT2D eigenvalue weighted by Crippen LogP contribution is 2.25. The van der Waals surface area contributed by atoms with Gasteiger partial charge in [-0.15, -0.1) is 0 Å². The SMILES string of the molecule is Nc1cc(Nc2[c]ccc(Cl)c2)ccc1Cl. The Labute approximate surface area is 104 Å². The Balaban J connectivity index is 2.24. The van der Waals surface area contributed by atoms with Crippen molar-refractivity contribution >= 4 is 40.3 Å². The van der Waals surface area contributed by atoms with E-state index in [-0.39, 0.29) is 0 Å². The van der Waals surface area contributed by atoms with Crippen LogP contribution in [0.5, 0.6) is 0 Å². The minimum absolute atomic E-state index is 0.536. The number of halogens is 2. The van der Waals surface area contributed by atoms with E-state index in [9.17, 15) is 0 Å². The first-order valence-electron chi connectivity index (χ1n) is 4.64. The molecule has 0 aliphatic carbocycles. The van der Waals surface area contributed by atoms with Crippen molar-refractivity contribution in [3.8, 4) is 0 Å². The van der Waals surface area contributed by atoms with E-state index < -0.39 is 0 Å². The lowest BCUT2D eigenvalue weighted by molar-refractivity contribution is 1.54. The Hall–Kier alpha value is -1.38. The number of benzene rings is 2. The third-order valence-corrected chi connectivity index (χ3v) is 2.62. The molecule has 0 aromatic heterocycles. The van der Waals surface area contributed by atoms with Crippen molar-refractivity contribution in [3.05, 3.63) is 52.5 Å². The summed E-state index contributed by atoms with van der Waals surface area (Å²) < 4.78 is 0. The van der Waals surface area contributed by atoms with Crippen LogP contribution in [-0.2, 0) is 0 Å². The first kappa shape index (κ1) is 11.1. The molecule has 0 fully saturated rings. The molecule has 0 unspecified atom stereocenters. The molecule has 0 bridgehead atoms. The molecule has 0 aliphatic rings. The summed E-state index contributed by atoms with van der Waals surface area (Å²) >= 11 is 11.7. The molecule has 3 N–H and O–H groups in total. The van der Waals surface area contributed by atoms with Crippen molar-refractivity contribution in [3.63, 3.8) is 0 Å². The van der Waals surface area contributed by atoms with Gasteiger partial charge in [0.2, 0.25) is 0 Å². The van der Waals surface area contributed by atoms with Crippen LogP contribution < -0.4 is 11.1 Å². The van der Waals surface area contributed by atoms with E-state index in [0.29, 0.717) is 15.7 Å². The van der Waals surface area contributed by atoms with Gasteiger partial charge < -0.3 is 11.1 Å². The lowest BCUT2D eigenvalue weighted by atomic mass is 10.2. The minimum Gasteiger partial charge on any atom is -0.397 e. The van der Waals surface area contributed by atoms with Crippen LogP contribution in [0.25, 0.3) is 0 Å². The smallest absolute Gasteiger partial charge is 0.0636 e. The standard InChI is InChI=1S/C12H9Cl2N2/c13-8-2-1-3-9(6-8)16-10-4-5-11(14)12(15)7-10/h1-2,4-7,16H,15H2. The van der Waals surface area contributed by atoms with Crippen LogP contribution in [-0.4, -0.2) is 0 Å². The van der Waals surface area contributed by atoms with E-state index in [0.717, 1.165) is 11.4 Å². The molecule has 0 aliphatic heterocycles. The van der Waals surface area contributed by atoms with E-state index >= 15 is 0 Å². The third kappa shape index (κ3) is 2.60. The second-order valence-corrected chi connectivity index (χ2v) is 4.13. The molecule has 0 atom stereocenters. The van der Waals surface area contributed by atoms with Gasteiger partial charge in [-0.25, -0.2) is 0 Å². The number of rotatable bonds is 2. The summed E-state index contributed by atoms with van der Waals surface area (Å²) in [6.07, 6.45) is 0. The monoisotopic (exact) mass is 251 g/mol. The van der Waals surface area contributed by atoms with Crippen molar-refractivity contribution in [2.75, 3.05) is 11.1 Å². The molecule has 0 spiro atoms. The van der Waals surface area contributed by atoms with Crippen molar-refractivity contribution in [2.45, 2.75) is 0 Å². The molecule has 2 rings (SSSR count). The van der Waals surface area contributed by atoms with E-state index in [1.807, 2.05) is 6.07 Å². The first-order valence-corrected chi connectivity index (χ1v) is 5.40. The molecule has 2 aromatic rings. The lowest BCUT2D eigenvalue weighted by Gasteiger charge is -2.07. The predicted octanol–water partition coefficient (Wildman–Crippen LogP) is 4.12. The fourth-order valence-electron chi connectivity index (χ4n) is 1.29. The minimum atomic E-state index is 0.536. The van der Waals surface area contributed by atoms with Crippen LogP contribution in [0.4, 0.5) is 17.1 Å². The molecule has 0 saturated carbocycles. The van der Waals surface area contributed by atoms with Crippen LogP contribution >= 0.6 is 23.2 Å². The second kappa shape index (κ2) is 4.64. The number of nitrogens with two attached hydrogens (primary N) is 1. The molecule has 0 saturated heterocycles. The summed E-state index contributed by atoms with van der Waals surface area (Å²) in [6, 6.07) is 13.7. The van der Waals surface area contributed by atoms with Crippen LogP contribution in [0.3, 0.4) is 0 Å². The summed E-state index contributed by atoms with van der Waals surface area (Å²) in [5.41, 5.74) is 7.87. The molecule has 0 amide bonds. The van der Waals surface area contributed by atoms with Crippen molar-refractivity contribution in [1.29, 1.82) is 0 Å². The van der Waals surface area contributed by atoms with E-state index in [2.05, 4.69) is 11.4 Å². The molecule has 81 valence electrons. The Morgan fingerprint density at radius 3 is 2.62 bits per heavy atom. The number of hydrogen-bond acceptors (Lipinski definition) is 2. The highest BCUT2D eigenvalue weighted by molar-refractivity contribution is 6.33. The van der Waals surface area contributed by atoms with Gasteiger partial charge in [0.1, 0.15) is 0 Å². The number of hydrogen-bond donors (Lipinski definition) is 2. The van der Waals surface area contributed by atoms with Gasteiger partial charge in [0.15, 0.2) is 0 Å². The highest BCUT2D eigenvalue weighted by Gasteiger charge is 1.99. The largest absolute Gasteiger partial charge is 0.397 e. The first-order chi connectivity index (χ1) is 7.65. The molecule has 1 radical (unpaired) electrons. The average Bonchev–Trinajstić information content (AvgIpc) is 2.24. The van der Waals surface area contributed by atoms with Crippen molar-refractivity contribution < 1.29 is 0 Å². The van der Waals surface area contributed by atoms with Gasteiger partial charge in [-0.2, -0.15) is 0 Å². The number of nitrogen functional groups attached to an aromatic ring is 1. The molecular weight excluding hydrogens is 243 g/mol. The number of nitrogens with one attached hydrogen (secondary N) is 1. The zero-order chi connectivity index (χ0) is 11.5. The van der Waals surface area contributed by atoms with Crippen LogP contribution in [0.2, 0.25) is 10.0 Å². The summed E-state index contributed by atoms with van der Waals surface area (Å²) in [5, 5.41) is 4.33. The lowest BCUT2D eigenvalue weighted by Crippen LogP contribution is -1.93. The fraction of sp³-hybridized carbons (Fsp3) is 0. The molecule has 2 nitrogen and oxygen atoms in total. The highest BCUT2D eigenvalue weighted by atomic mass is 35.5. The molecular formula is C12H9Cl2N2. The summed E-state index contributed by atoms with van der Waals surface area (Å²) in [4.78, 5) is 0. The predicted molar refractivity (Wildman–Crippen MR) is 69.4 cm³/mol. The molecule has 2 aromatic carbocycles. The van der Waals surface area contributed by atoms with Crippen molar-refractivity contribution in [2.24, 2.45) is 0 Å². The van der Waals surface area contributed by atoms with Gasteiger partial charge >= 0.3 is 0 Å². The van der Waals surface area contributed by atoms with Gasteiger partial charge in [0.25, 0.3) is 0 Å². The Kier molecular flexibility index (Phi) is 3.22. The Morgan fingerprint density at radius 1 is 1.12 bits per heavy atom. The second-order valence-electron chi connectivity index (χ2n) is 3.28. The Morgan fingerprint density at radius 2 is 1.94 bits per heavy atom. The maximum Gasteiger partial charge on any atom is 0.0636 e. The van der Waals surface area contributed by atoms with Crippen LogP contribution in [0.15, 0.2) is 36.4 Å². The van der Waals surface area contributed by atoms with Gasteiger partial charge in [-0.3, -0.25) is 0 Å². The van der Waals surface area contributed by atoms with Crippen LogP contribution in [0.1, 0.15) is 0 Å². The van der Waals surface area contributed by atoms with E-state index in [1.165, 1.54) is 0 Å². The van der Waals surface area contributed by atoms with Crippen molar-refractivity contribution in [1.82, 2.24) is 0 Å². The van der Waals surface area contributed by atoms with E-state index in [1.54, 1.807) is 30.3 Å². The number of anilines is 3. The Bertz CT molecular complexity index is 512. The van der Waals surface area contributed by atoms with Gasteiger partial charge in [-0.05, 0) is 30.3 Å². The fourth-order valence-corrected chi connectivity index (χ4v) is 1.58. The topological polar surface area (TPSA) is 38.0 Å².